The largest absolute Gasteiger partial charge is 0.489 e. The van der Waals surface area contributed by atoms with Crippen LogP contribution in [0.4, 0.5) is 0 Å². The number of aromatic nitrogens is 1. The summed E-state index contributed by atoms with van der Waals surface area (Å²) in [5, 5.41) is 1.13. The molecule has 1 unspecified atom stereocenters. The van der Waals surface area contributed by atoms with Gasteiger partial charge in [-0.15, -0.1) is 0 Å². The molecule has 0 saturated carbocycles. The SMILES string of the molecule is CC(=O)C(C)Oc1ccccc1COc1ccc(/C=C/c2ccc3ccccc3n2)cc1. The van der Waals surface area contributed by atoms with Crippen molar-refractivity contribution in [2.24, 2.45) is 0 Å². The summed E-state index contributed by atoms with van der Waals surface area (Å²) >= 11 is 0. The van der Waals surface area contributed by atoms with Gasteiger partial charge in [-0.05, 0) is 55.8 Å². The first-order valence-electron chi connectivity index (χ1n) is 10.6. The minimum Gasteiger partial charge on any atom is -0.489 e. The Balaban J connectivity index is 1.39. The van der Waals surface area contributed by atoms with Gasteiger partial charge in [0.1, 0.15) is 18.1 Å². The number of Topliss-reactive ketones (excluding diaryl/α,β-unsaturated/α-hetero) is 1. The zero-order chi connectivity index (χ0) is 22.3. The number of carbonyl (C=O) groups excluding carboxylic acids is 1. The Morgan fingerprint density at radius 3 is 2.47 bits per heavy atom. The monoisotopic (exact) mass is 423 g/mol. The van der Waals surface area contributed by atoms with Crippen molar-refractivity contribution >= 4 is 28.8 Å². The maximum atomic E-state index is 11.5. The van der Waals surface area contributed by atoms with Gasteiger partial charge in [0.15, 0.2) is 11.9 Å². The summed E-state index contributed by atoms with van der Waals surface area (Å²) < 4.78 is 11.7. The molecule has 0 amide bonds. The fraction of sp³-hybridized carbons (Fsp3) is 0.143. The van der Waals surface area contributed by atoms with Gasteiger partial charge < -0.3 is 9.47 Å². The van der Waals surface area contributed by atoms with Crippen molar-refractivity contribution in [2.45, 2.75) is 26.6 Å². The molecule has 4 nitrogen and oxygen atoms in total. The Morgan fingerprint density at radius 2 is 1.66 bits per heavy atom. The van der Waals surface area contributed by atoms with E-state index in [2.05, 4.69) is 17.1 Å². The van der Waals surface area contributed by atoms with Gasteiger partial charge in [0.05, 0.1) is 11.2 Å². The van der Waals surface area contributed by atoms with Gasteiger partial charge in [-0.25, -0.2) is 4.98 Å². The second kappa shape index (κ2) is 9.92. The van der Waals surface area contributed by atoms with E-state index < -0.39 is 6.10 Å². The Labute approximate surface area is 188 Å². The molecule has 4 rings (SSSR count). The van der Waals surface area contributed by atoms with Crippen LogP contribution in [0.5, 0.6) is 11.5 Å². The lowest BCUT2D eigenvalue weighted by Gasteiger charge is -2.15. The van der Waals surface area contributed by atoms with E-state index in [1.807, 2.05) is 84.9 Å². The maximum Gasteiger partial charge on any atom is 0.169 e. The Hall–Kier alpha value is -3.92. The molecule has 0 fully saturated rings. The number of ether oxygens (including phenoxy) is 2. The Morgan fingerprint density at radius 1 is 0.906 bits per heavy atom. The van der Waals surface area contributed by atoms with E-state index in [4.69, 9.17) is 9.47 Å². The van der Waals surface area contributed by atoms with Crippen molar-refractivity contribution in [2.75, 3.05) is 0 Å². The third-order valence-electron chi connectivity index (χ3n) is 5.19. The quantitative estimate of drug-likeness (QED) is 0.332. The summed E-state index contributed by atoms with van der Waals surface area (Å²) in [6, 6.07) is 27.7. The number of para-hydroxylation sites is 2. The second-order valence-electron chi connectivity index (χ2n) is 7.60. The van der Waals surface area contributed by atoms with Crippen LogP contribution in [-0.2, 0) is 11.4 Å². The van der Waals surface area contributed by atoms with E-state index in [1.54, 1.807) is 6.92 Å². The number of pyridine rings is 1. The van der Waals surface area contributed by atoms with E-state index in [0.29, 0.717) is 12.4 Å². The van der Waals surface area contributed by atoms with E-state index >= 15 is 0 Å². The minimum atomic E-state index is -0.487. The predicted octanol–water partition coefficient (Wildman–Crippen LogP) is 6.34. The predicted molar refractivity (Wildman–Crippen MR) is 129 cm³/mol. The summed E-state index contributed by atoms with van der Waals surface area (Å²) in [4.78, 5) is 16.2. The van der Waals surface area contributed by atoms with Crippen LogP contribution in [0, 0.1) is 0 Å². The number of hydrogen-bond donors (Lipinski definition) is 0. The molecular formula is C28H25NO3. The average molecular weight is 424 g/mol. The van der Waals surface area contributed by atoms with Crippen LogP contribution in [-0.4, -0.2) is 16.9 Å². The lowest BCUT2D eigenvalue weighted by molar-refractivity contribution is -0.122. The normalized spacial score (nSPS) is 12.1. The van der Waals surface area contributed by atoms with E-state index in [9.17, 15) is 4.79 Å². The van der Waals surface area contributed by atoms with Gasteiger partial charge in [0.25, 0.3) is 0 Å². The van der Waals surface area contributed by atoms with Crippen LogP contribution >= 0.6 is 0 Å². The topological polar surface area (TPSA) is 48.4 Å². The number of fused-ring (bicyclic) bond motifs is 1. The van der Waals surface area contributed by atoms with Gasteiger partial charge in [0.2, 0.25) is 0 Å². The van der Waals surface area contributed by atoms with Crippen molar-refractivity contribution < 1.29 is 14.3 Å². The van der Waals surface area contributed by atoms with E-state index in [-0.39, 0.29) is 5.78 Å². The van der Waals surface area contributed by atoms with Crippen LogP contribution in [0.1, 0.15) is 30.7 Å². The van der Waals surface area contributed by atoms with Crippen LogP contribution < -0.4 is 9.47 Å². The van der Waals surface area contributed by atoms with Gasteiger partial charge in [-0.1, -0.05) is 60.7 Å². The van der Waals surface area contributed by atoms with Crippen molar-refractivity contribution in [1.29, 1.82) is 0 Å². The average Bonchev–Trinajstić information content (AvgIpc) is 2.82. The molecule has 0 N–H and O–H groups in total. The highest BCUT2D eigenvalue weighted by molar-refractivity contribution is 5.81. The van der Waals surface area contributed by atoms with Gasteiger partial charge in [0, 0.05) is 10.9 Å². The molecule has 1 heterocycles. The number of ketones is 1. The first-order valence-corrected chi connectivity index (χ1v) is 10.6. The molecular weight excluding hydrogens is 398 g/mol. The zero-order valence-electron chi connectivity index (χ0n) is 18.2. The van der Waals surface area contributed by atoms with Gasteiger partial charge >= 0.3 is 0 Å². The maximum absolute atomic E-state index is 11.5. The highest BCUT2D eigenvalue weighted by atomic mass is 16.5. The standard InChI is InChI=1S/C28H25NO3/c1-20(30)21(2)32-28-10-6-4-8-24(28)19-31-26-17-12-22(13-18-26)11-15-25-16-14-23-7-3-5-9-27(23)29-25/h3-18,21H,19H2,1-2H3/b15-11+. The summed E-state index contributed by atoms with van der Waals surface area (Å²) in [6.45, 7) is 3.63. The molecule has 32 heavy (non-hydrogen) atoms. The highest BCUT2D eigenvalue weighted by Crippen LogP contribution is 2.23. The number of nitrogens with zero attached hydrogens (tertiary/aromatic N) is 1. The third kappa shape index (κ3) is 5.41. The molecule has 0 aliphatic carbocycles. The molecule has 0 radical (unpaired) electrons. The molecule has 160 valence electrons. The van der Waals surface area contributed by atoms with Crippen LogP contribution in [0.25, 0.3) is 23.1 Å². The molecule has 3 aromatic carbocycles. The number of carbonyl (C=O) groups is 1. The summed E-state index contributed by atoms with van der Waals surface area (Å²) in [5.41, 5.74) is 3.86. The molecule has 1 aromatic heterocycles. The zero-order valence-corrected chi connectivity index (χ0v) is 18.2. The van der Waals surface area contributed by atoms with Crippen molar-refractivity contribution in [3.8, 4) is 11.5 Å². The molecule has 0 spiro atoms. The lowest BCUT2D eigenvalue weighted by Crippen LogP contribution is -2.21. The van der Waals surface area contributed by atoms with Gasteiger partial charge in [-0.2, -0.15) is 0 Å². The molecule has 0 aliphatic heterocycles. The number of rotatable bonds is 8. The molecule has 4 aromatic rings. The third-order valence-corrected chi connectivity index (χ3v) is 5.19. The highest BCUT2D eigenvalue weighted by Gasteiger charge is 2.12. The molecule has 0 aliphatic rings. The van der Waals surface area contributed by atoms with Crippen molar-refractivity contribution in [3.05, 3.63) is 102 Å². The molecule has 4 heteroatoms. The van der Waals surface area contributed by atoms with Gasteiger partial charge in [-0.3, -0.25) is 4.79 Å². The van der Waals surface area contributed by atoms with Crippen LogP contribution in [0.3, 0.4) is 0 Å². The molecule has 0 saturated heterocycles. The lowest BCUT2D eigenvalue weighted by atomic mass is 10.1. The molecule has 1 atom stereocenters. The van der Waals surface area contributed by atoms with Crippen molar-refractivity contribution in [3.63, 3.8) is 0 Å². The van der Waals surface area contributed by atoms with E-state index in [1.165, 1.54) is 6.92 Å². The second-order valence-corrected chi connectivity index (χ2v) is 7.60. The van der Waals surface area contributed by atoms with Crippen LogP contribution in [0.15, 0.2) is 84.9 Å². The molecule has 0 bridgehead atoms. The Bertz CT molecular complexity index is 1250. The smallest absolute Gasteiger partial charge is 0.169 e. The first-order chi connectivity index (χ1) is 15.6. The first kappa shape index (κ1) is 21.3. The summed E-state index contributed by atoms with van der Waals surface area (Å²) in [6.07, 6.45) is 3.55. The summed E-state index contributed by atoms with van der Waals surface area (Å²) in [7, 11) is 0. The minimum absolute atomic E-state index is 0.0109. The fourth-order valence-electron chi connectivity index (χ4n) is 3.20. The van der Waals surface area contributed by atoms with Crippen molar-refractivity contribution in [1.82, 2.24) is 4.98 Å². The number of hydrogen-bond acceptors (Lipinski definition) is 4. The Kier molecular flexibility index (Phi) is 6.61. The van der Waals surface area contributed by atoms with E-state index in [0.717, 1.165) is 33.5 Å². The summed E-state index contributed by atoms with van der Waals surface area (Å²) in [5.74, 6) is 1.42. The fourth-order valence-corrected chi connectivity index (χ4v) is 3.20. The number of benzene rings is 3. The van der Waals surface area contributed by atoms with Crippen LogP contribution in [0.2, 0.25) is 0 Å².